The standard InChI is InChI=1S/C11H23N3O2/c1-4-6-7-13-11(16)9(3)14-8-10(15)12-5-2/h9,14H,4-8H2,1-3H3,(H,12,15)(H,13,16). The van der Waals surface area contributed by atoms with Gasteiger partial charge < -0.3 is 10.6 Å². The van der Waals surface area contributed by atoms with Gasteiger partial charge >= 0.3 is 0 Å². The summed E-state index contributed by atoms with van der Waals surface area (Å²) >= 11 is 0. The van der Waals surface area contributed by atoms with Gasteiger partial charge in [0.25, 0.3) is 0 Å². The highest BCUT2D eigenvalue weighted by atomic mass is 16.2. The van der Waals surface area contributed by atoms with E-state index >= 15 is 0 Å². The van der Waals surface area contributed by atoms with Gasteiger partial charge in [0.1, 0.15) is 0 Å². The van der Waals surface area contributed by atoms with Crippen molar-refractivity contribution >= 4 is 11.8 Å². The predicted octanol–water partition coefficient (Wildman–Crippen LogP) is 0.0169. The van der Waals surface area contributed by atoms with E-state index in [0.717, 1.165) is 12.8 Å². The number of hydrogen-bond donors (Lipinski definition) is 3. The van der Waals surface area contributed by atoms with Crippen molar-refractivity contribution in [2.75, 3.05) is 19.6 Å². The molecule has 2 amide bonds. The van der Waals surface area contributed by atoms with E-state index < -0.39 is 0 Å². The normalized spacial score (nSPS) is 11.9. The fourth-order valence-electron chi connectivity index (χ4n) is 1.14. The molecule has 1 unspecified atom stereocenters. The first-order valence-electron chi connectivity index (χ1n) is 5.89. The lowest BCUT2D eigenvalue weighted by molar-refractivity contribution is -0.123. The van der Waals surface area contributed by atoms with Crippen LogP contribution >= 0.6 is 0 Å². The molecule has 0 heterocycles. The largest absolute Gasteiger partial charge is 0.355 e. The first-order valence-corrected chi connectivity index (χ1v) is 5.89. The van der Waals surface area contributed by atoms with Crippen LogP contribution in [0, 0.1) is 0 Å². The molecule has 16 heavy (non-hydrogen) atoms. The Bertz CT molecular complexity index is 219. The Morgan fingerprint density at radius 3 is 2.44 bits per heavy atom. The predicted molar refractivity (Wildman–Crippen MR) is 64.1 cm³/mol. The Balaban J connectivity index is 3.66. The third-order valence-electron chi connectivity index (χ3n) is 2.17. The quantitative estimate of drug-likeness (QED) is 0.514. The monoisotopic (exact) mass is 229 g/mol. The van der Waals surface area contributed by atoms with Gasteiger partial charge in [-0.05, 0) is 20.3 Å². The summed E-state index contributed by atoms with van der Waals surface area (Å²) in [6, 6.07) is -0.334. The molecule has 5 nitrogen and oxygen atoms in total. The van der Waals surface area contributed by atoms with E-state index in [1.807, 2.05) is 6.92 Å². The lowest BCUT2D eigenvalue weighted by Crippen LogP contribution is -2.46. The molecule has 0 aliphatic carbocycles. The third-order valence-corrected chi connectivity index (χ3v) is 2.17. The molecule has 0 saturated heterocycles. The van der Waals surface area contributed by atoms with Gasteiger partial charge in [-0.1, -0.05) is 13.3 Å². The Labute approximate surface area is 97.4 Å². The van der Waals surface area contributed by atoms with Crippen LogP contribution in [0.3, 0.4) is 0 Å². The van der Waals surface area contributed by atoms with Gasteiger partial charge in [0, 0.05) is 13.1 Å². The molecule has 5 heteroatoms. The molecule has 3 N–H and O–H groups in total. The van der Waals surface area contributed by atoms with Crippen molar-refractivity contribution in [2.45, 2.75) is 39.7 Å². The average Bonchev–Trinajstić information content (AvgIpc) is 2.26. The summed E-state index contributed by atoms with van der Waals surface area (Å²) < 4.78 is 0. The first kappa shape index (κ1) is 14.9. The number of carbonyl (C=O) groups is 2. The first-order chi connectivity index (χ1) is 7.61. The maximum atomic E-state index is 11.5. The van der Waals surface area contributed by atoms with Gasteiger partial charge in [-0.25, -0.2) is 0 Å². The summed E-state index contributed by atoms with van der Waals surface area (Å²) in [6.45, 7) is 7.17. The van der Waals surface area contributed by atoms with Crippen molar-refractivity contribution in [3.63, 3.8) is 0 Å². The Hall–Kier alpha value is -1.10. The maximum Gasteiger partial charge on any atom is 0.236 e. The lowest BCUT2D eigenvalue weighted by Gasteiger charge is -2.13. The second-order valence-corrected chi connectivity index (χ2v) is 3.70. The molecule has 0 aliphatic rings. The zero-order chi connectivity index (χ0) is 12.4. The minimum absolute atomic E-state index is 0.0576. The summed E-state index contributed by atoms with van der Waals surface area (Å²) in [5.74, 6) is -0.145. The second kappa shape index (κ2) is 9.15. The third kappa shape index (κ3) is 7.23. The minimum Gasteiger partial charge on any atom is -0.355 e. The van der Waals surface area contributed by atoms with Crippen LogP contribution in [0.4, 0.5) is 0 Å². The topological polar surface area (TPSA) is 70.2 Å². The van der Waals surface area contributed by atoms with E-state index in [2.05, 4.69) is 22.9 Å². The Morgan fingerprint density at radius 1 is 1.19 bits per heavy atom. The molecular formula is C11H23N3O2. The van der Waals surface area contributed by atoms with Crippen LogP contribution in [0.2, 0.25) is 0 Å². The number of hydrogen-bond acceptors (Lipinski definition) is 3. The maximum absolute atomic E-state index is 11.5. The fourth-order valence-corrected chi connectivity index (χ4v) is 1.14. The van der Waals surface area contributed by atoms with Gasteiger partial charge in [0.2, 0.25) is 11.8 Å². The second-order valence-electron chi connectivity index (χ2n) is 3.70. The number of rotatable bonds is 8. The van der Waals surface area contributed by atoms with Crippen molar-refractivity contribution in [2.24, 2.45) is 0 Å². The van der Waals surface area contributed by atoms with Crippen LogP contribution in [-0.2, 0) is 9.59 Å². The molecule has 0 rings (SSSR count). The van der Waals surface area contributed by atoms with Crippen molar-refractivity contribution in [1.29, 1.82) is 0 Å². The molecule has 0 bridgehead atoms. The molecule has 0 spiro atoms. The van der Waals surface area contributed by atoms with Crippen molar-refractivity contribution < 1.29 is 9.59 Å². The van der Waals surface area contributed by atoms with E-state index in [1.165, 1.54) is 0 Å². The summed E-state index contributed by atoms with van der Waals surface area (Å²) in [6.07, 6.45) is 2.04. The Kier molecular flexibility index (Phi) is 8.52. The number of amides is 2. The van der Waals surface area contributed by atoms with Gasteiger partial charge in [-0.15, -0.1) is 0 Å². The van der Waals surface area contributed by atoms with E-state index in [0.29, 0.717) is 13.1 Å². The number of likely N-dealkylation sites (N-methyl/N-ethyl adjacent to an activating group) is 1. The van der Waals surface area contributed by atoms with Gasteiger partial charge in [-0.3, -0.25) is 14.9 Å². The molecule has 0 aromatic rings. The zero-order valence-corrected chi connectivity index (χ0v) is 10.4. The van der Waals surface area contributed by atoms with Crippen LogP contribution in [0.25, 0.3) is 0 Å². The molecule has 0 aliphatic heterocycles. The molecular weight excluding hydrogens is 206 g/mol. The SMILES string of the molecule is CCCCNC(=O)C(C)NCC(=O)NCC. The highest BCUT2D eigenvalue weighted by Crippen LogP contribution is 1.85. The highest BCUT2D eigenvalue weighted by Gasteiger charge is 2.12. The minimum atomic E-state index is -0.334. The zero-order valence-electron chi connectivity index (χ0n) is 10.4. The molecule has 0 fully saturated rings. The van der Waals surface area contributed by atoms with Gasteiger partial charge in [0.15, 0.2) is 0 Å². The number of nitrogens with one attached hydrogen (secondary N) is 3. The van der Waals surface area contributed by atoms with Crippen molar-refractivity contribution in [3.8, 4) is 0 Å². The van der Waals surface area contributed by atoms with Gasteiger partial charge in [0.05, 0.1) is 12.6 Å². The highest BCUT2D eigenvalue weighted by molar-refractivity contribution is 5.83. The average molecular weight is 229 g/mol. The van der Waals surface area contributed by atoms with E-state index in [9.17, 15) is 9.59 Å². The summed E-state index contributed by atoms with van der Waals surface area (Å²) in [5.41, 5.74) is 0. The van der Waals surface area contributed by atoms with Crippen LogP contribution in [0.5, 0.6) is 0 Å². The molecule has 0 aromatic carbocycles. The smallest absolute Gasteiger partial charge is 0.236 e. The summed E-state index contributed by atoms with van der Waals surface area (Å²) in [4.78, 5) is 22.6. The van der Waals surface area contributed by atoms with Crippen LogP contribution in [0.1, 0.15) is 33.6 Å². The van der Waals surface area contributed by atoms with Crippen LogP contribution in [-0.4, -0.2) is 37.5 Å². The molecule has 94 valence electrons. The van der Waals surface area contributed by atoms with E-state index in [1.54, 1.807) is 6.92 Å². The molecule has 0 aromatic heterocycles. The summed E-state index contributed by atoms with van der Waals surface area (Å²) in [5, 5.41) is 8.33. The number of carbonyl (C=O) groups excluding carboxylic acids is 2. The molecule has 0 radical (unpaired) electrons. The van der Waals surface area contributed by atoms with E-state index in [-0.39, 0.29) is 24.4 Å². The van der Waals surface area contributed by atoms with Gasteiger partial charge in [-0.2, -0.15) is 0 Å². The van der Waals surface area contributed by atoms with Crippen LogP contribution < -0.4 is 16.0 Å². The lowest BCUT2D eigenvalue weighted by atomic mass is 10.3. The van der Waals surface area contributed by atoms with Crippen molar-refractivity contribution in [1.82, 2.24) is 16.0 Å². The van der Waals surface area contributed by atoms with Crippen LogP contribution in [0.15, 0.2) is 0 Å². The Morgan fingerprint density at radius 2 is 1.88 bits per heavy atom. The number of unbranched alkanes of at least 4 members (excludes halogenated alkanes) is 1. The van der Waals surface area contributed by atoms with Crippen molar-refractivity contribution in [3.05, 3.63) is 0 Å². The summed E-state index contributed by atoms with van der Waals surface area (Å²) in [7, 11) is 0. The van der Waals surface area contributed by atoms with E-state index in [4.69, 9.17) is 0 Å². The molecule has 0 saturated carbocycles. The molecule has 1 atom stereocenters. The fraction of sp³-hybridized carbons (Fsp3) is 0.818.